The number of H-pyrrole nitrogens is 1. The van der Waals surface area contributed by atoms with Crippen LogP contribution in [0.15, 0.2) is 77.7 Å². The van der Waals surface area contributed by atoms with Crippen LogP contribution in [0.3, 0.4) is 0 Å². The highest BCUT2D eigenvalue weighted by molar-refractivity contribution is 8.23. The zero-order valence-corrected chi connectivity index (χ0v) is 23.9. The first-order chi connectivity index (χ1) is 20.7. The third kappa shape index (κ3) is 6.25. The van der Waals surface area contributed by atoms with Gasteiger partial charge in [-0.05, 0) is 58.4 Å². The van der Waals surface area contributed by atoms with Gasteiger partial charge in [-0.1, -0.05) is 36.4 Å². The number of nitrogens with zero attached hydrogens (tertiary/aromatic N) is 3. The number of carbonyl (C=O) groups excluding carboxylic acids is 2. The predicted molar refractivity (Wildman–Crippen MR) is 150 cm³/mol. The van der Waals surface area contributed by atoms with E-state index in [4.69, 9.17) is 5.26 Å². The monoisotopic (exact) mass is 649 g/mol. The van der Waals surface area contributed by atoms with Crippen molar-refractivity contribution >= 4 is 43.7 Å². The normalized spacial score (nSPS) is 18.0. The molecule has 44 heavy (non-hydrogen) atoms. The highest BCUT2D eigenvalue weighted by Gasteiger charge is 2.47. The average molecular weight is 650 g/mol. The largest absolute Gasteiger partial charge is 0.492 e. The lowest BCUT2D eigenvalue weighted by Crippen LogP contribution is -2.42. The number of benzene rings is 3. The lowest BCUT2D eigenvalue weighted by molar-refractivity contribution is -0.227. The van der Waals surface area contributed by atoms with Gasteiger partial charge in [0.25, 0.3) is 10.0 Å². The zero-order chi connectivity index (χ0) is 31.9. The number of hydroxylamine groups is 1. The molecular formula is C27H22F3N5O7S2. The van der Waals surface area contributed by atoms with E-state index in [0.717, 1.165) is 24.3 Å². The van der Waals surface area contributed by atoms with Crippen LogP contribution in [-0.4, -0.2) is 50.0 Å². The second-order valence-corrected chi connectivity index (χ2v) is 13.4. The van der Waals surface area contributed by atoms with Crippen LogP contribution in [0.4, 0.5) is 13.2 Å². The maximum atomic E-state index is 13.8. The Balaban J connectivity index is 1.60. The smallest absolute Gasteiger partial charge is 0.344 e. The lowest BCUT2D eigenvalue weighted by atomic mass is 10.0. The number of imidazole rings is 1. The quantitative estimate of drug-likeness (QED) is 0.197. The SMILES string of the molecule is N#Cc1ccc(S(=O)(=O)N(OC(=O)C(F)(F)F)[C@@H](Cc2ccc(C3CC(=O)NS3(O)O)cc2)c2nc3ccccc3[nH]2)cc1. The molecule has 1 aliphatic heterocycles. The van der Waals surface area contributed by atoms with Crippen molar-refractivity contribution in [2.24, 2.45) is 0 Å². The molecule has 0 aliphatic carbocycles. The number of hydrogen-bond acceptors (Lipinski definition) is 9. The van der Waals surface area contributed by atoms with Crippen molar-refractivity contribution in [2.75, 3.05) is 0 Å². The predicted octanol–water partition coefficient (Wildman–Crippen LogP) is 4.66. The summed E-state index contributed by atoms with van der Waals surface area (Å²) in [4.78, 5) is 35.1. The number of fused-ring (bicyclic) bond motifs is 1. The van der Waals surface area contributed by atoms with Gasteiger partial charge in [0.05, 0.1) is 34.0 Å². The Bertz CT molecular complexity index is 1840. The molecule has 0 radical (unpaired) electrons. The Kier molecular flexibility index (Phi) is 8.13. The minimum Gasteiger partial charge on any atom is -0.344 e. The second kappa shape index (κ2) is 11.6. The number of alkyl halides is 3. The number of carbonyl (C=O) groups is 2. The van der Waals surface area contributed by atoms with Gasteiger partial charge in [-0.15, -0.1) is 10.8 Å². The summed E-state index contributed by atoms with van der Waals surface area (Å²) in [7, 11) is -8.48. The summed E-state index contributed by atoms with van der Waals surface area (Å²) in [6.07, 6.45) is -6.12. The number of hydrogen-bond donors (Lipinski definition) is 4. The molecule has 1 amide bonds. The van der Waals surface area contributed by atoms with Crippen LogP contribution < -0.4 is 4.72 Å². The lowest BCUT2D eigenvalue weighted by Gasteiger charge is -2.33. The van der Waals surface area contributed by atoms with Gasteiger partial charge in [0, 0.05) is 0 Å². The van der Waals surface area contributed by atoms with E-state index < -0.39 is 55.0 Å². The summed E-state index contributed by atoms with van der Waals surface area (Å²) < 4.78 is 90.4. The van der Waals surface area contributed by atoms with Crippen molar-refractivity contribution in [3.8, 4) is 6.07 Å². The van der Waals surface area contributed by atoms with Crippen LogP contribution in [-0.2, 0) is 30.9 Å². The molecule has 1 unspecified atom stereocenters. The standard InChI is InChI=1S/C27H22F3N5O7S2/c28-27(29,30)26(37)42-35(44(40,41)19-11-7-17(15-31)8-12-19)22(25-32-20-3-1-2-4-21(20)33-25)13-16-5-9-18(10-6-16)23-14-24(36)34-43(23,38)39/h1-12,22-23,38-39H,13-14H2,(H,32,33)(H,34,36)/t22-,23?/m0/s1. The maximum absolute atomic E-state index is 13.8. The first-order valence-corrected chi connectivity index (χ1v) is 15.7. The Morgan fingerprint density at radius 2 is 1.77 bits per heavy atom. The molecule has 1 fully saturated rings. The van der Waals surface area contributed by atoms with Crippen molar-refractivity contribution in [3.63, 3.8) is 0 Å². The summed E-state index contributed by atoms with van der Waals surface area (Å²) in [6, 6.07) is 16.7. The average Bonchev–Trinajstić information content (AvgIpc) is 3.53. The number of aromatic nitrogens is 2. The fourth-order valence-corrected chi connectivity index (χ4v) is 7.43. The fourth-order valence-electron chi connectivity index (χ4n) is 4.58. The van der Waals surface area contributed by atoms with Crippen LogP contribution in [0.2, 0.25) is 0 Å². The van der Waals surface area contributed by atoms with Crippen LogP contribution in [0.1, 0.15) is 40.2 Å². The highest BCUT2D eigenvalue weighted by Crippen LogP contribution is 2.56. The summed E-state index contributed by atoms with van der Waals surface area (Å²) in [6.45, 7) is 0. The zero-order valence-electron chi connectivity index (χ0n) is 22.2. The first kappa shape index (κ1) is 31.0. The van der Waals surface area contributed by atoms with Gasteiger partial charge in [-0.3, -0.25) is 18.6 Å². The number of amides is 1. The number of nitrogens with one attached hydrogen (secondary N) is 2. The van der Waals surface area contributed by atoms with Crippen molar-refractivity contribution in [3.05, 3.63) is 95.3 Å². The molecular weight excluding hydrogens is 627 g/mol. The second-order valence-electron chi connectivity index (χ2n) is 9.68. The number of sulfonamides is 1. The number of aromatic amines is 1. The van der Waals surface area contributed by atoms with E-state index in [1.165, 1.54) is 24.3 Å². The summed E-state index contributed by atoms with van der Waals surface area (Å²) in [5, 5.41) is 8.14. The summed E-state index contributed by atoms with van der Waals surface area (Å²) in [5.74, 6) is -3.50. The molecule has 0 saturated carbocycles. The van der Waals surface area contributed by atoms with E-state index in [1.54, 1.807) is 30.3 Å². The van der Waals surface area contributed by atoms with Crippen LogP contribution in [0, 0.1) is 11.3 Å². The number of nitriles is 1. The highest BCUT2D eigenvalue weighted by atomic mass is 32.3. The maximum Gasteiger partial charge on any atom is 0.492 e. The molecule has 1 saturated heterocycles. The summed E-state index contributed by atoms with van der Waals surface area (Å²) in [5.41, 5.74) is 1.55. The molecule has 2 heterocycles. The molecule has 0 bridgehead atoms. The molecule has 230 valence electrons. The number of rotatable bonds is 8. The van der Waals surface area contributed by atoms with Gasteiger partial charge in [-0.2, -0.15) is 18.4 Å². The Labute approximate surface area is 249 Å². The van der Waals surface area contributed by atoms with Crippen molar-refractivity contribution in [2.45, 2.75) is 35.2 Å². The fraction of sp³-hybridized carbons (Fsp3) is 0.185. The van der Waals surface area contributed by atoms with E-state index in [-0.39, 0.29) is 28.7 Å². The topological polar surface area (TPSA) is 186 Å². The van der Waals surface area contributed by atoms with Crippen molar-refractivity contribution in [1.29, 1.82) is 5.26 Å². The minimum absolute atomic E-state index is 0.0635. The van der Waals surface area contributed by atoms with E-state index in [2.05, 4.69) is 19.5 Å². The third-order valence-corrected chi connectivity index (χ3v) is 10.1. The Morgan fingerprint density at radius 3 is 2.34 bits per heavy atom. The van der Waals surface area contributed by atoms with Gasteiger partial charge in [-0.25, -0.2) is 18.2 Å². The van der Waals surface area contributed by atoms with Crippen LogP contribution >= 0.6 is 10.8 Å². The van der Waals surface area contributed by atoms with Gasteiger partial charge >= 0.3 is 12.1 Å². The van der Waals surface area contributed by atoms with Gasteiger partial charge in [0.15, 0.2) is 0 Å². The molecule has 1 aromatic heterocycles. The molecule has 3 aromatic carbocycles. The molecule has 5 rings (SSSR count). The van der Waals surface area contributed by atoms with E-state index in [0.29, 0.717) is 22.2 Å². The molecule has 0 spiro atoms. The molecule has 2 atom stereocenters. The van der Waals surface area contributed by atoms with Gasteiger partial charge < -0.3 is 9.82 Å². The van der Waals surface area contributed by atoms with E-state index in [1.807, 2.05) is 0 Å². The van der Waals surface area contributed by atoms with E-state index >= 15 is 0 Å². The Morgan fingerprint density at radius 1 is 1.11 bits per heavy atom. The van der Waals surface area contributed by atoms with E-state index in [9.17, 15) is 40.3 Å². The minimum atomic E-state index is -5.56. The molecule has 4 N–H and O–H groups in total. The molecule has 4 aromatic rings. The van der Waals surface area contributed by atoms with Crippen molar-refractivity contribution < 1.29 is 45.1 Å². The third-order valence-electron chi connectivity index (χ3n) is 6.71. The summed E-state index contributed by atoms with van der Waals surface area (Å²) >= 11 is 0. The molecule has 17 heteroatoms. The van der Waals surface area contributed by atoms with Crippen molar-refractivity contribution in [1.82, 2.24) is 19.2 Å². The number of halogens is 3. The van der Waals surface area contributed by atoms with Crippen LogP contribution in [0.5, 0.6) is 0 Å². The molecule has 12 nitrogen and oxygen atoms in total. The van der Waals surface area contributed by atoms with Gasteiger partial charge in [0.2, 0.25) is 5.91 Å². The first-order valence-electron chi connectivity index (χ1n) is 12.6. The van der Waals surface area contributed by atoms with Crippen LogP contribution in [0.25, 0.3) is 11.0 Å². The number of para-hydroxylation sites is 2. The molecule has 1 aliphatic rings. The van der Waals surface area contributed by atoms with Gasteiger partial charge in [0.1, 0.15) is 17.1 Å². The Hall–Kier alpha value is -4.47.